The van der Waals surface area contributed by atoms with Crippen molar-refractivity contribution in [1.82, 2.24) is 14.7 Å². The van der Waals surface area contributed by atoms with Gasteiger partial charge in [-0.15, -0.1) is 0 Å². The van der Waals surface area contributed by atoms with Crippen LogP contribution in [0.15, 0.2) is 24.3 Å². The molecule has 2 fully saturated rings. The van der Waals surface area contributed by atoms with Gasteiger partial charge in [-0.2, -0.15) is 0 Å². The van der Waals surface area contributed by atoms with Crippen LogP contribution in [0.4, 0.5) is 0 Å². The number of hydrogen-bond acceptors (Lipinski definition) is 3. The summed E-state index contributed by atoms with van der Waals surface area (Å²) in [5.74, 6) is 0.328. The maximum Gasteiger partial charge on any atom is 0.236 e. The third-order valence-electron chi connectivity index (χ3n) is 5.72. The maximum atomic E-state index is 12.4. The van der Waals surface area contributed by atoms with E-state index in [2.05, 4.69) is 54.8 Å². The van der Waals surface area contributed by atoms with E-state index in [0.717, 1.165) is 52.2 Å². The molecule has 144 valence electrons. The molecule has 0 unspecified atom stereocenters. The third-order valence-corrected chi connectivity index (χ3v) is 5.72. The van der Waals surface area contributed by atoms with Gasteiger partial charge in [0.25, 0.3) is 0 Å². The van der Waals surface area contributed by atoms with Gasteiger partial charge in [-0.25, -0.2) is 0 Å². The molecule has 2 aliphatic rings. The molecule has 0 N–H and O–H groups in total. The first-order valence-electron chi connectivity index (χ1n) is 10.2. The molecular formula is C22H35N3O. The number of carbonyl (C=O) groups is 1. The number of amides is 1. The molecule has 2 heterocycles. The molecule has 3 rings (SSSR count). The fraction of sp³-hybridized carbons (Fsp3) is 0.682. The lowest BCUT2D eigenvalue weighted by molar-refractivity contribution is -0.131. The van der Waals surface area contributed by atoms with Gasteiger partial charge in [-0.1, -0.05) is 45.0 Å². The molecule has 0 bridgehead atoms. The van der Waals surface area contributed by atoms with Crippen LogP contribution in [0.25, 0.3) is 0 Å². The van der Waals surface area contributed by atoms with Gasteiger partial charge in [-0.3, -0.25) is 14.6 Å². The van der Waals surface area contributed by atoms with Crippen LogP contribution in [-0.4, -0.2) is 66.4 Å². The molecule has 1 aromatic rings. The first kappa shape index (κ1) is 19.4. The summed E-state index contributed by atoms with van der Waals surface area (Å²) >= 11 is 0. The quantitative estimate of drug-likeness (QED) is 0.828. The number of benzene rings is 1. The van der Waals surface area contributed by atoms with Crippen molar-refractivity contribution in [1.29, 1.82) is 0 Å². The predicted octanol–water partition coefficient (Wildman–Crippen LogP) is 3.11. The van der Waals surface area contributed by atoms with Crippen LogP contribution in [0.3, 0.4) is 0 Å². The van der Waals surface area contributed by atoms with E-state index >= 15 is 0 Å². The molecule has 0 saturated carbocycles. The molecule has 2 saturated heterocycles. The van der Waals surface area contributed by atoms with Crippen molar-refractivity contribution in [3.8, 4) is 0 Å². The number of rotatable bonds is 4. The van der Waals surface area contributed by atoms with Gasteiger partial charge in [0, 0.05) is 32.7 Å². The molecule has 2 aliphatic heterocycles. The minimum absolute atomic E-state index is 0.212. The number of hydrogen-bond donors (Lipinski definition) is 0. The molecule has 0 radical (unpaired) electrons. The van der Waals surface area contributed by atoms with E-state index < -0.39 is 0 Å². The van der Waals surface area contributed by atoms with Crippen molar-refractivity contribution < 1.29 is 4.79 Å². The molecule has 0 spiro atoms. The van der Waals surface area contributed by atoms with E-state index in [4.69, 9.17) is 0 Å². The van der Waals surface area contributed by atoms with E-state index in [1.54, 1.807) is 0 Å². The van der Waals surface area contributed by atoms with Crippen LogP contribution in [0.1, 0.15) is 51.2 Å². The van der Waals surface area contributed by atoms with Crippen molar-refractivity contribution in [2.24, 2.45) is 0 Å². The lowest BCUT2D eigenvalue weighted by Crippen LogP contribution is -2.40. The van der Waals surface area contributed by atoms with Gasteiger partial charge in [0.1, 0.15) is 0 Å². The SMILES string of the molecule is CC(C)(C)c1ccc(CN2CCCN(CC(=O)N3CCCC3)CC2)cc1. The van der Waals surface area contributed by atoms with Crippen molar-refractivity contribution in [3.05, 3.63) is 35.4 Å². The fourth-order valence-corrected chi connectivity index (χ4v) is 3.97. The van der Waals surface area contributed by atoms with Gasteiger partial charge in [-0.05, 0) is 48.9 Å². The zero-order valence-corrected chi connectivity index (χ0v) is 16.8. The van der Waals surface area contributed by atoms with E-state index in [0.29, 0.717) is 12.5 Å². The summed E-state index contributed by atoms with van der Waals surface area (Å²) < 4.78 is 0. The Morgan fingerprint density at radius 3 is 2.12 bits per heavy atom. The largest absolute Gasteiger partial charge is 0.342 e. The summed E-state index contributed by atoms with van der Waals surface area (Å²) in [6, 6.07) is 9.10. The highest BCUT2D eigenvalue weighted by Crippen LogP contribution is 2.22. The Hall–Kier alpha value is -1.39. The Bertz CT molecular complexity index is 584. The van der Waals surface area contributed by atoms with Crippen molar-refractivity contribution >= 4 is 5.91 Å². The highest BCUT2D eigenvalue weighted by molar-refractivity contribution is 5.78. The molecule has 26 heavy (non-hydrogen) atoms. The zero-order chi connectivity index (χ0) is 18.6. The molecule has 0 atom stereocenters. The summed E-state index contributed by atoms with van der Waals surface area (Å²) in [4.78, 5) is 19.3. The molecular weight excluding hydrogens is 322 g/mol. The predicted molar refractivity (Wildman–Crippen MR) is 107 cm³/mol. The van der Waals surface area contributed by atoms with Gasteiger partial charge in [0.15, 0.2) is 0 Å². The van der Waals surface area contributed by atoms with Crippen molar-refractivity contribution in [3.63, 3.8) is 0 Å². The maximum absolute atomic E-state index is 12.4. The van der Waals surface area contributed by atoms with Crippen LogP contribution < -0.4 is 0 Å². The average molecular weight is 358 g/mol. The Kier molecular flexibility index (Phi) is 6.36. The second kappa shape index (κ2) is 8.53. The first-order chi connectivity index (χ1) is 12.4. The minimum atomic E-state index is 0.212. The van der Waals surface area contributed by atoms with E-state index in [1.165, 1.54) is 24.0 Å². The second-order valence-electron chi connectivity index (χ2n) is 8.94. The third kappa shape index (κ3) is 5.31. The highest BCUT2D eigenvalue weighted by Gasteiger charge is 2.22. The van der Waals surface area contributed by atoms with E-state index in [1.807, 2.05) is 4.90 Å². The molecule has 0 aromatic heterocycles. The highest BCUT2D eigenvalue weighted by atomic mass is 16.2. The average Bonchev–Trinajstić information content (AvgIpc) is 3.05. The second-order valence-corrected chi connectivity index (χ2v) is 8.94. The van der Waals surface area contributed by atoms with Crippen LogP contribution in [-0.2, 0) is 16.8 Å². The van der Waals surface area contributed by atoms with Gasteiger partial charge >= 0.3 is 0 Å². The lowest BCUT2D eigenvalue weighted by atomic mass is 9.87. The number of nitrogens with zero attached hydrogens (tertiary/aromatic N) is 3. The number of likely N-dealkylation sites (tertiary alicyclic amines) is 1. The Morgan fingerprint density at radius 1 is 0.846 bits per heavy atom. The summed E-state index contributed by atoms with van der Waals surface area (Å²) in [5.41, 5.74) is 2.99. The van der Waals surface area contributed by atoms with Crippen molar-refractivity contribution in [2.75, 3.05) is 45.8 Å². The molecule has 1 aromatic carbocycles. The topological polar surface area (TPSA) is 26.8 Å². The van der Waals surface area contributed by atoms with E-state index in [9.17, 15) is 4.79 Å². The van der Waals surface area contributed by atoms with E-state index in [-0.39, 0.29) is 5.41 Å². The van der Waals surface area contributed by atoms with Crippen LogP contribution >= 0.6 is 0 Å². The van der Waals surface area contributed by atoms with Gasteiger partial charge in [0.2, 0.25) is 5.91 Å². The number of carbonyl (C=O) groups excluding carboxylic acids is 1. The normalized spacial score (nSPS) is 20.3. The fourth-order valence-electron chi connectivity index (χ4n) is 3.97. The Balaban J connectivity index is 1.48. The van der Waals surface area contributed by atoms with Gasteiger partial charge < -0.3 is 4.90 Å². The van der Waals surface area contributed by atoms with Crippen LogP contribution in [0.2, 0.25) is 0 Å². The van der Waals surface area contributed by atoms with Crippen LogP contribution in [0.5, 0.6) is 0 Å². The molecule has 4 nitrogen and oxygen atoms in total. The Labute approximate surface area is 159 Å². The van der Waals surface area contributed by atoms with Crippen molar-refractivity contribution in [2.45, 2.75) is 52.0 Å². The summed E-state index contributed by atoms with van der Waals surface area (Å²) in [6.07, 6.45) is 3.49. The first-order valence-corrected chi connectivity index (χ1v) is 10.2. The lowest BCUT2D eigenvalue weighted by Gasteiger charge is -2.24. The minimum Gasteiger partial charge on any atom is -0.342 e. The smallest absolute Gasteiger partial charge is 0.236 e. The summed E-state index contributed by atoms with van der Waals surface area (Å²) in [6.45, 7) is 14.5. The monoisotopic (exact) mass is 357 g/mol. The zero-order valence-electron chi connectivity index (χ0n) is 16.8. The summed E-state index contributed by atoms with van der Waals surface area (Å²) in [7, 11) is 0. The standard InChI is InChI=1S/C22H35N3O/c1-22(2,3)20-9-7-19(8-10-20)17-23-11-6-12-24(16-15-23)18-21(26)25-13-4-5-14-25/h7-10H,4-6,11-18H2,1-3H3. The summed E-state index contributed by atoms with van der Waals surface area (Å²) in [5, 5.41) is 0. The Morgan fingerprint density at radius 2 is 1.46 bits per heavy atom. The van der Waals surface area contributed by atoms with Crippen LogP contribution in [0, 0.1) is 0 Å². The molecule has 4 heteroatoms. The molecule has 0 aliphatic carbocycles. The van der Waals surface area contributed by atoms with Gasteiger partial charge in [0.05, 0.1) is 6.54 Å². The molecule has 1 amide bonds.